The molecule has 0 saturated carbocycles. The summed E-state index contributed by atoms with van der Waals surface area (Å²) < 4.78 is 40.4. The summed E-state index contributed by atoms with van der Waals surface area (Å²) in [7, 11) is 0. The van der Waals surface area contributed by atoms with Gasteiger partial charge in [-0.3, -0.25) is 0 Å². The van der Waals surface area contributed by atoms with Crippen LogP contribution in [0.2, 0.25) is 0 Å². The first kappa shape index (κ1) is 17.1. The third-order valence-corrected chi connectivity index (χ3v) is 2.45. The van der Waals surface area contributed by atoms with E-state index in [4.69, 9.17) is 5.73 Å². The van der Waals surface area contributed by atoms with E-state index in [1.807, 2.05) is 0 Å². The highest BCUT2D eigenvalue weighted by molar-refractivity contribution is 5.77. The van der Waals surface area contributed by atoms with Gasteiger partial charge in [-0.05, 0) is 12.0 Å². The van der Waals surface area contributed by atoms with Gasteiger partial charge in [0.05, 0.1) is 6.54 Å². The molecule has 5 nitrogen and oxygen atoms in total. The van der Waals surface area contributed by atoms with Crippen LogP contribution in [0.4, 0.5) is 13.2 Å². The van der Waals surface area contributed by atoms with Crippen molar-refractivity contribution in [3.8, 4) is 5.88 Å². The van der Waals surface area contributed by atoms with Crippen LogP contribution in [-0.2, 0) is 6.54 Å². The Morgan fingerprint density at radius 2 is 2.19 bits per heavy atom. The van der Waals surface area contributed by atoms with Crippen molar-refractivity contribution in [2.45, 2.75) is 32.5 Å². The van der Waals surface area contributed by atoms with Crippen LogP contribution >= 0.6 is 0 Å². The van der Waals surface area contributed by atoms with Crippen LogP contribution in [-0.4, -0.2) is 30.3 Å². The fraction of sp³-hybridized carbons (Fsp3) is 0.538. The molecular formula is C13H19F3N4O. The number of hydrogen-bond acceptors (Lipinski definition) is 3. The van der Waals surface area contributed by atoms with Crippen molar-refractivity contribution < 1.29 is 17.9 Å². The maximum atomic E-state index is 12.0. The van der Waals surface area contributed by atoms with Crippen LogP contribution in [0.15, 0.2) is 23.3 Å². The smallest absolute Gasteiger partial charge is 0.422 e. The van der Waals surface area contributed by atoms with Crippen molar-refractivity contribution in [2.75, 3.05) is 13.2 Å². The van der Waals surface area contributed by atoms with Gasteiger partial charge in [0.15, 0.2) is 12.6 Å². The lowest BCUT2D eigenvalue weighted by molar-refractivity contribution is -0.154. The Hall–Kier alpha value is -1.99. The molecule has 0 atom stereocenters. The number of pyridine rings is 1. The molecule has 118 valence electrons. The van der Waals surface area contributed by atoms with Gasteiger partial charge in [-0.2, -0.15) is 13.2 Å². The molecule has 0 radical (unpaired) electrons. The van der Waals surface area contributed by atoms with Gasteiger partial charge in [0, 0.05) is 18.8 Å². The molecule has 0 aromatic carbocycles. The molecule has 1 aromatic heterocycles. The van der Waals surface area contributed by atoms with Crippen molar-refractivity contribution in [2.24, 2.45) is 10.7 Å². The van der Waals surface area contributed by atoms with E-state index in [1.165, 1.54) is 12.3 Å². The molecular weight excluding hydrogens is 285 g/mol. The number of nitrogens with zero attached hydrogens (tertiary/aromatic N) is 2. The van der Waals surface area contributed by atoms with Gasteiger partial charge in [-0.15, -0.1) is 0 Å². The third-order valence-electron chi connectivity index (χ3n) is 2.45. The number of hydrogen-bond donors (Lipinski definition) is 2. The summed E-state index contributed by atoms with van der Waals surface area (Å²) in [5.41, 5.74) is 6.39. The van der Waals surface area contributed by atoms with Crippen molar-refractivity contribution in [1.82, 2.24) is 10.3 Å². The maximum Gasteiger partial charge on any atom is 0.422 e. The van der Waals surface area contributed by atoms with Crippen molar-refractivity contribution in [3.63, 3.8) is 0 Å². The van der Waals surface area contributed by atoms with Crippen LogP contribution in [0, 0.1) is 0 Å². The fourth-order valence-corrected chi connectivity index (χ4v) is 1.37. The van der Waals surface area contributed by atoms with Gasteiger partial charge in [0.25, 0.3) is 0 Å². The van der Waals surface area contributed by atoms with E-state index >= 15 is 0 Å². The minimum atomic E-state index is -4.37. The van der Waals surface area contributed by atoms with Crippen LogP contribution in [0.5, 0.6) is 5.88 Å². The molecule has 0 aliphatic rings. The molecule has 0 aliphatic carbocycles. The SMILES string of the molecule is CCCCNC(N)=NCc1ccc(OCC(F)(F)F)nc1. The van der Waals surface area contributed by atoms with Gasteiger partial charge in [0.1, 0.15) is 0 Å². The second-order valence-electron chi connectivity index (χ2n) is 4.39. The predicted octanol–water partition coefficient (Wildman–Crippen LogP) is 2.23. The first-order chi connectivity index (χ1) is 9.90. The molecule has 1 heterocycles. The lowest BCUT2D eigenvalue weighted by Gasteiger charge is -2.08. The minimum Gasteiger partial charge on any atom is -0.468 e. The third kappa shape index (κ3) is 8.01. The monoisotopic (exact) mass is 304 g/mol. The first-order valence-corrected chi connectivity index (χ1v) is 6.59. The summed E-state index contributed by atoms with van der Waals surface area (Å²) >= 11 is 0. The van der Waals surface area contributed by atoms with Gasteiger partial charge >= 0.3 is 6.18 Å². The minimum absolute atomic E-state index is 0.0749. The molecule has 8 heteroatoms. The Morgan fingerprint density at radius 1 is 1.43 bits per heavy atom. The largest absolute Gasteiger partial charge is 0.468 e. The van der Waals surface area contributed by atoms with Crippen molar-refractivity contribution in [3.05, 3.63) is 23.9 Å². The Bertz CT molecular complexity index is 446. The molecule has 21 heavy (non-hydrogen) atoms. The van der Waals surface area contributed by atoms with E-state index in [2.05, 4.69) is 27.0 Å². The van der Waals surface area contributed by atoms with E-state index in [0.717, 1.165) is 24.9 Å². The number of aromatic nitrogens is 1. The highest BCUT2D eigenvalue weighted by Crippen LogP contribution is 2.17. The summed E-state index contributed by atoms with van der Waals surface area (Å²) in [5, 5.41) is 2.96. The second kappa shape index (κ2) is 8.33. The van der Waals surface area contributed by atoms with Crippen LogP contribution < -0.4 is 15.8 Å². The fourth-order valence-electron chi connectivity index (χ4n) is 1.37. The zero-order chi connectivity index (χ0) is 15.7. The summed E-state index contributed by atoms with van der Waals surface area (Å²) in [6, 6.07) is 2.97. The number of alkyl halides is 3. The molecule has 0 fully saturated rings. The average Bonchev–Trinajstić information content (AvgIpc) is 2.43. The summed E-state index contributed by atoms with van der Waals surface area (Å²) in [4.78, 5) is 7.89. The van der Waals surface area contributed by atoms with Crippen molar-refractivity contribution in [1.29, 1.82) is 0 Å². The maximum absolute atomic E-state index is 12.0. The molecule has 1 aromatic rings. The molecule has 0 saturated heterocycles. The zero-order valence-electron chi connectivity index (χ0n) is 11.8. The van der Waals surface area contributed by atoms with Gasteiger partial charge in [-0.25, -0.2) is 9.98 Å². The van der Waals surface area contributed by atoms with Gasteiger partial charge < -0.3 is 15.8 Å². The Balaban J connectivity index is 2.42. The second-order valence-corrected chi connectivity index (χ2v) is 4.39. The zero-order valence-corrected chi connectivity index (χ0v) is 11.8. The van der Waals surface area contributed by atoms with Crippen molar-refractivity contribution >= 4 is 5.96 Å². The molecule has 0 unspecified atom stereocenters. The van der Waals surface area contributed by atoms with Crippen LogP contribution in [0.3, 0.4) is 0 Å². The summed E-state index contributed by atoms with van der Waals surface area (Å²) in [6.45, 7) is 1.78. The summed E-state index contributed by atoms with van der Waals surface area (Å²) in [6.07, 6.45) is -0.898. The molecule has 0 bridgehead atoms. The van der Waals surface area contributed by atoms with E-state index < -0.39 is 12.8 Å². The van der Waals surface area contributed by atoms with Gasteiger partial charge in [0.2, 0.25) is 5.88 Å². The lowest BCUT2D eigenvalue weighted by atomic mass is 10.3. The topological polar surface area (TPSA) is 72.5 Å². The van der Waals surface area contributed by atoms with Crippen LogP contribution in [0.25, 0.3) is 0 Å². The normalized spacial score (nSPS) is 12.3. The number of nitrogens with one attached hydrogen (secondary N) is 1. The molecule has 0 spiro atoms. The number of guanidine groups is 1. The summed E-state index contributed by atoms with van der Waals surface area (Å²) in [5.74, 6) is 0.259. The average molecular weight is 304 g/mol. The highest BCUT2D eigenvalue weighted by Gasteiger charge is 2.28. The number of ether oxygens (including phenoxy) is 1. The Morgan fingerprint density at radius 3 is 2.76 bits per heavy atom. The number of unbranched alkanes of at least 4 members (excludes halogenated alkanes) is 1. The molecule has 0 aliphatic heterocycles. The van der Waals surface area contributed by atoms with E-state index in [-0.39, 0.29) is 5.88 Å². The van der Waals surface area contributed by atoms with Crippen LogP contribution in [0.1, 0.15) is 25.3 Å². The van der Waals surface area contributed by atoms with Gasteiger partial charge in [-0.1, -0.05) is 19.4 Å². The molecule has 3 N–H and O–H groups in total. The Labute approximate surface area is 121 Å². The predicted molar refractivity (Wildman–Crippen MR) is 74.0 cm³/mol. The quantitative estimate of drug-likeness (QED) is 0.460. The number of halogens is 3. The lowest BCUT2D eigenvalue weighted by Crippen LogP contribution is -2.32. The van der Waals surface area contributed by atoms with E-state index in [0.29, 0.717) is 12.5 Å². The number of nitrogens with two attached hydrogens (primary N) is 1. The number of rotatable bonds is 7. The Kier molecular flexibility index (Phi) is 6.77. The standard InChI is InChI=1S/C13H19F3N4O/c1-2-3-6-18-12(17)20-8-10-4-5-11(19-7-10)21-9-13(14,15)16/h4-5,7H,2-3,6,8-9H2,1H3,(H3,17,18,20). The highest BCUT2D eigenvalue weighted by atomic mass is 19.4. The first-order valence-electron chi connectivity index (χ1n) is 6.59. The van der Waals surface area contributed by atoms with E-state index in [9.17, 15) is 13.2 Å². The molecule has 1 rings (SSSR count). The van der Waals surface area contributed by atoms with E-state index in [1.54, 1.807) is 6.07 Å². The number of aliphatic imine (C=N–C) groups is 1. The molecule has 0 amide bonds.